The molecule has 0 aromatic heterocycles. The maximum atomic E-state index is 11.9. The summed E-state index contributed by atoms with van der Waals surface area (Å²) in [5.74, 6) is -1.11. The first-order valence-corrected chi connectivity index (χ1v) is 6.41. The van der Waals surface area contributed by atoms with Gasteiger partial charge in [0.2, 0.25) is 5.91 Å². The first-order valence-electron chi connectivity index (χ1n) is 6.41. The van der Waals surface area contributed by atoms with Crippen molar-refractivity contribution in [2.45, 2.75) is 26.8 Å². The van der Waals surface area contributed by atoms with Crippen molar-refractivity contribution in [2.24, 2.45) is 5.92 Å². The summed E-state index contributed by atoms with van der Waals surface area (Å²) in [6, 6.07) is 3.04. The Labute approximate surface area is 117 Å². The number of amides is 2. The summed E-state index contributed by atoms with van der Waals surface area (Å²) in [5.41, 5.74) is 0.170. The van der Waals surface area contributed by atoms with Gasteiger partial charge in [-0.2, -0.15) is 0 Å². The van der Waals surface area contributed by atoms with E-state index in [1.54, 1.807) is 6.92 Å². The Bertz CT molecular complexity index is 500. The second-order valence-corrected chi connectivity index (χ2v) is 5.04. The standard InChI is InChI=1S/C14H20N2O4/c1-8(2)7-15-13(19)9(3)16-14(20)10-4-5-11(17)12(18)6-10/h4-6,8-9,17-18H,7H2,1-3H3,(H,15,19)(H,16,20). The van der Waals surface area contributed by atoms with Crippen LogP contribution in [-0.4, -0.2) is 34.6 Å². The van der Waals surface area contributed by atoms with Gasteiger partial charge >= 0.3 is 0 Å². The number of nitrogens with one attached hydrogen (secondary N) is 2. The maximum Gasteiger partial charge on any atom is 0.252 e. The van der Waals surface area contributed by atoms with Crippen LogP contribution in [0.2, 0.25) is 0 Å². The molecular weight excluding hydrogens is 260 g/mol. The van der Waals surface area contributed by atoms with Gasteiger partial charge in [-0.15, -0.1) is 0 Å². The number of hydrogen-bond donors (Lipinski definition) is 4. The molecule has 20 heavy (non-hydrogen) atoms. The van der Waals surface area contributed by atoms with E-state index >= 15 is 0 Å². The summed E-state index contributed by atoms with van der Waals surface area (Å²) >= 11 is 0. The number of phenols is 2. The predicted molar refractivity (Wildman–Crippen MR) is 74.5 cm³/mol. The second-order valence-electron chi connectivity index (χ2n) is 5.04. The molecule has 6 heteroatoms. The van der Waals surface area contributed by atoms with Crippen LogP contribution >= 0.6 is 0 Å². The normalized spacial score (nSPS) is 12.0. The zero-order chi connectivity index (χ0) is 15.3. The summed E-state index contributed by atoms with van der Waals surface area (Å²) in [6.45, 7) is 6.07. The minimum absolute atomic E-state index is 0.170. The lowest BCUT2D eigenvalue weighted by atomic mass is 10.1. The van der Waals surface area contributed by atoms with E-state index in [2.05, 4.69) is 10.6 Å². The lowest BCUT2D eigenvalue weighted by Crippen LogP contribution is -2.45. The van der Waals surface area contributed by atoms with Crippen LogP contribution in [0.4, 0.5) is 0 Å². The first-order chi connectivity index (χ1) is 9.31. The fraction of sp³-hybridized carbons (Fsp3) is 0.429. The minimum Gasteiger partial charge on any atom is -0.504 e. The molecule has 0 heterocycles. The molecule has 0 aliphatic carbocycles. The molecule has 1 atom stereocenters. The van der Waals surface area contributed by atoms with Crippen molar-refractivity contribution in [3.8, 4) is 11.5 Å². The Morgan fingerprint density at radius 1 is 1.15 bits per heavy atom. The van der Waals surface area contributed by atoms with Crippen molar-refractivity contribution in [1.29, 1.82) is 0 Å². The average molecular weight is 280 g/mol. The minimum atomic E-state index is -0.683. The highest BCUT2D eigenvalue weighted by atomic mass is 16.3. The van der Waals surface area contributed by atoms with Crippen molar-refractivity contribution in [2.75, 3.05) is 6.54 Å². The van der Waals surface area contributed by atoms with Gasteiger partial charge in [0, 0.05) is 12.1 Å². The van der Waals surface area contributed by atoms with E-state index in [1.807, 2.05) is 13.8 Å². The van der Waals surface area contributed by atoms with Crippen LogP contribution in [0.15, 0.2) is 18.2 Å². The first kappa shape index (κ1) is 15.8. The fourth-order valence-electron chi connectivity index (χ4n) is 1.47. The topological polar surface area (TPSA) is 98.7 Å². The lowest BCUT2D eigenvalue weighted by Gasteiger charge is -2.15. The number of hydrogen-bond acceptors (Lipinski definition) is 4. The van der Waals surface area contributed by atoms with Crippen LogP contribution in [0, 0.1) is 5.92 Å². The molecule has 1 unspecified atom stereocenters. The number of phenolic OH excluding ortho intramolecular Hbond substituents is 2. The molecule has 0 saturated heterocycles. The monoisotopic (exact) mass is 280 g/mol. The molecule has 0 spiro atoms. The molecule has 2 amide bonds. The average Bonchev–Trinajstić information content (AvgIpc) is 2.38. The molecule has 0 fully saturated rings. The molecule has 1 rings (SSSR count). The largest absolute Gasteiger partial charge is 0.504 e. The van der Waals surface area contributed by atoms with Gasteiger partial charge in [0.1, 0.15) is 6.04 Å². The lowest BCUT2D eigenvalue weighted by molar-refractivity contribution is -0.122. The zero-order valence-corrected chi connectivity index (χ0v) is 11.8. The quantitative estimate of drug-likeness (QED) is 0.604. The zero-order valence-electron chi connectivity index (χ0n) is 11.8. The van der Waals surface area contributed by atoms with E-state index in [0.29, 0.717) is 12.5 Å². The molecule has 4 N–H and O–H groups in total. The van der Waals surface area contributed by atoms with E-state index < -0.39 is 11.9 Å². The molecule has 0 radical (unpaired) electrons. The SMILES string of the molecule is CC(C)CNC(=O)C(C)NC(=O)c1ccc(O)c(O)c1. The third-order valence-corrected chi connectivity index (χ3v) is 2.66. The van der Waals surface area contributed by atoms with E-state index in [9.17, 15) is 19.8 Å². The van der Waals surface area contributed by atoms with Crippen molar-refractivity contribution in [1.82, 2.24) is 10.6 Å². The summed E-state index contributed by atoms with van der Waals surface area (Å²) in [6.07, 6.45) is 0. The van der Waals surface area contributed by atoms with Crippen LogP contribution in [0.1, 0.15) is 31.1 Å². The molecule has 6 nitrogen and oxygen atoms in total. The molecule has 0 saturated carbocycles. The number of benzene rings is 1. The van der Waals surface area contributed by atoms with Crippen LogP contribution in [0.5, 0.6) is 11.5 Å². The molecule has 0 aliphatic heterocycles. The number of rotatable bonds is 5. The van der Waals surface area contributed by atoms with Gasteiger partial charge in [0.15, 0.2) is 11.5 Å². The summed E-state index contributed by atoms with van der Waals surface area (Å²) in [7, 11) is 0. The third-order valence-electron chi connectivity index (χ3n) is 2.66. The number of carbonyl (C=O) groups excluding carboxylic acids is 2. The van der Waals surface area contributed by atoms with Crippen molar-refractivity contribution >= 4 is 11.8 Å². The smallest absolute Gasteiger partial charge is 0.252 e. The summed E-state index contributed by atoms with van der Waals surface area (Å²) in [4.78, 5) is 23.6. The van der Waals surface area contributed by atoms with Gasteiger partial charge < -0.3 is 20.8 Å². The van der Waals surface area contributed by atoms with Crippen LogP contribution in [0.25, 0.3) is 0 Å². The van der Waals surface area contributed by atoms with Crippen LogP contribution in [0.3, 0.4) is 0 Å². The molecule has 0 aliphatic rings. The highest BCUT2D eigenvalue weighted by Gasteiger charge is 2.17. The van der Waals surface area contributed by atoms with Crippen molar-refractivity contribution in [3.63, 3.8) is 0 Å². The Hall–Kier alpha value is -2.24. The van der Waals surface area contributed by atoms with Gasteiger partial charge in [-0.25, -0.2) is 0 Å². The van der Waals surface area contributed by atoms with E-state index in [1.165, 1.54) is 12.1 Å². The number of aromatic hydroxyl groups is 2. The van der Waals surface area contributed by atoms with Crippen molar-refractivity contribution < 1.29 is 19.8 Å². The second kappa shape index (κ2) is 6.79. The fourth-order valence-corrected chi connectivity index (χ4v) is 1.47. The van der Waals surface area contributed by atoms with Gasteiger partial charge in [0.25, 0.3) is 5.91 Å². The molecule has 110 valence electrons. The molecule has 1 aromatic carbocycles. The highest BCUT2D eigenvalue weighted by Crippen LogP contribution is 2.24. The summed E-state index contributed by atoms with van der Waals surface area (Å²) < 4.78 is 0. The highest BCUT2D eigenvalue weighted by molar-refractivity contribution is 5.97. The van der Waals surface area contributed by atoms with E-state index in [4.69, 9.17) is 0 Å². The molecular formula is C14H20N2O4. The Kier molecular flexibility index (Phi) is 5.37. The maximum absolute atomic E-state index is 11.9. The van der Waals surface area contributed by atoms with E-state index in [0.717, 1.165) is 6.07 Å². The van der Waals surface area contributed by atoms with Gasteiger partial charge in [-0.1, -0.05) is 13.8 Å². The van der Waals surface area contributed by atoms with E-state index in [-0.39, 0.29) is 23.0 Å². The molecule has 1 aromatic rings. The summed E-state index contributed by atoms with van der Waals surface area (Å²) in [5, 5.41) is 23.7. The van der Waals surface area contributed by atoms with Crippen molar-refractivity contribution in [3.05, 3.63) is 23.8 Å². The Balaban J connectivity index is 2.60. The van der Waals surface area contributed by atoms with Crippen LogP contribution < -0.4 is 10.6 Å². The van der Waals surface area contributed by atoms with Gasteiger partial charge in [0.05, 0.1) is 0 Å². The Morgan fingerprint density at radius 2 is 1.80 bits per heavy atom. The third kappa shape index (κ3) is 4.46. The number of carbonyl (C=O) groups is 2. The molecule has 0 bridgehead atoms. The van der Waals surface area contributed by atoms with Gasteiger partial charge in [-0.05, 0) is 31.0 Å². The van der Waals surface area contributed by atoms with Gasteiger partial charge in [-0.3, -0.25) is 9.59 Å². The Morgan fingerprint density at radius 3 is 2.35 bits per heavy atom. The van der Waals surface area contributed by atoms with Crippen LogP contribution in [-0.2, 0) is 4.79 Å². The predicted octanol–water partition coefficient (Wildman–Crippen LogP) is 0.988.